The molecule has 1 heterocycles. The third-order valence-corrected chi connectivity index (χ3v) is 4.20. The zero-order valence-corrected chi connectivity index (χ0v) is 12.4. The molecule has 1 amide bonds. The maximum Gasteiger partial charge on any atom is 0.253 e. The molecule has 1 aromatic carbocycles. The van der Waals surface area contributed by atoms with Gasteiger partial charge in [-0.25, -0.2) is 0 Å². The van der Waals surface area contributed by atoms with E-state index >= 15 is 0 Å². The Labute approximate surface area is 120 Å². The monoisotopic (exact) mass is 280 g/mol. The summed E-state index contributed by atoms with van der Waals surface area (Å²) >= 11 is 5.76. The van der Waals surface area contributed by atoms with Crippen LogP contribution in [0.4, 0.5) is 0 Å². The van der Waals surface area contributed by atoms with Crippen molar-refractivity contribution in [1.29, 1.82) is 0 Å². The first-order valence-electron chi connectivity index (χ1n) is 6.80. The van der Waals surface area contributed by atoms with Crippen molar-refractivity contribution in [3.63, 3.8) is 0 Å². The molecule has 1 aliphatic heterocycles. The zero-order valence-electron chi connectivity index (χ0n) is 11.6. The van der Waals surface area contributed by atoms with E-state index in [2.05, 4.69) is 18.9 Å². The molecule has 1 atom stereocenters. The number of carbonyl (C=O) groups is 1. The number of halogens is 1. The van der Waals surface area contributed by atoms with Gasteiger partial charge in [-0.2, -0.15) is 0 Å². The molecule has 0 radical (unpaired) electrons. The van der Waals surface area contributed by atoms with Crippen molar-refractivity contribution in [2.45, 2.75) is 25.3 Å². The molecule has 1 aliphatic rings. The summed E-state index contributed by atoms with van der Waals surface area (Å²) in [5.74, 6) is 0.619. The van der Waals surface area contributed by atoms with Gasteiger partial charge >= 0.3 is 0 Å². The minimum atomic E-state index is 0.132. The number of alkyl halides is 1. The Morgan fingerprint density at radius 1 is 1.32 bits per heavy atom. The standard InChI is InChI=1S/C15H21ClN2O/c1-3-14-11-18(9-8-17(14)2)15(19)13-6-4-12(10-16)5-7-13/h4-7,14H,3,8-11H2,1-2H3. The van der Waals surface area contributed by atoms with Crippen LogP contribution in [0.3, 0.4) is 0 Å². The number of benzene rings is 1. The van der Waals surface area contributed by atoms with Gasteiger partial charge in [-0.05, 0) is 31.2 Å². The summed E-state index contributed by atoms with van der Waals surface area (Å²) in [5, 5.41) is 0. The van der Waals surface area contributed by atoms with Crippen molar-refractivity contribution in [1.82, 2.24) is 9.80 Å². The van der Waals surface area contributed by atoms with E-state index in [1.807, 2.05) is 29.2 Å². The van der Waals surface area contributed by atoms with Crippen LogP contribution in [0.15, 0.2) is 24.3 Å². The average Bonchev–Trinajstić information content (AvgIpc) is 2.47. The molecule has 1 saturated heterocycles. The van der Waals surface area contributed by atoms with Gasteiger partial charge in [0.2, 0.25) is 0 Å². The Morgan fingerprint density at radius 3 is 2.58 bits per heavy atom. The minimum Gasteiger partial charge on any atom is -0.336 e. The molecule has 0 aromatic heterocycles. The first-order chi connectivity index (χ1) is 9.15. The molecular formula is C15H21ClN2O. The number of likely N-dealkylation sites (N-methyl/N-ethyl adjacent to an activating group) is 1. The molecule has 0 bridgehead atoms. The fourth-order valence-corrected chi connectivity index (χ4v) is 2.67. The van der Waals surface area contributed by atoms with Crippen LogP contribution in [0, 0.1) is 0 Å². The third-order valence-electron chi connectivity index (χ3n) is 3.89. The lowest BCUT2D eigenvalue weighted by Crippen LogP contribution is -2.52. The van der Waals surface area contributed by atoms with Gasteiger partial charge in [0.1, 0.15) is 0 Å². The minimum absolute atomic E-state index is 0.132. The molecule has 4 heteroatoms. The van der Waals surface area contributed by atoms with Crippen molar-refractivity contribution in [2.75, 3.05) is 26.7 Å². The molecule has 104 valence electrons. The molecule has 1 aromatic rings. The van der Waals surface area contributed by atoms with E-state index < -0.39 is 0 Å². The van der Waals surface area contributed by atoms with Gasteiger partial charge in [-0.3, -0.25) is 9.69 Å². The van der Waals surface area contributed by atoms with E-state index in [1.54, 1.807) is 0 Å². The number of amides is 1. The summed E-state index contributed by atoms with van der Waals surface area (Å²) in [6, 6.07) is 8.07. The molecule has 0 saturated carbocycles. The first-order valence-corrected chi connectivity index (χ1v) is 7.33. The van der Waals surface area contributed by atoms with E-state index in [-0.39, 0.29) is 5.91 Å². The molecule has 0 spiro atoms. The predicted molar refractivity (Wildman–Crippen MR) is 78.6 cm³/mol. The summed E-state index contributed by atoms with van der Waals surface area (Å²) in [7, 11) is 2.13. The summed E-state index contributed by atoms with van der Waals surface area (Å²) in [6.45, 7) is 4.75. The second kappa shape index (κ2) is 6.40. The highest BCUT2D eigenvalue weighted by Crippen LogP contribution is 2.15. The van der Waals surface area contributed by atoms with Gasteiger partial charge in [0.05, 0.1) is 0 Å². The van der Waals surface area contributed by atoms with Crippen LogP contribution in [0.25, 0.3) is 0 Å². The number of hydrogen-bond donors (Lipinski definition) is 0. The van der Waals surface area contributed by atoms with E-state index in [9.17, 15) is 4.79 Å². The van der Waals surface area contributed by atoms with Crippen LogP contribution in [-0.2, 0) is 5.88 Å². The van der Waals surface area contributed by atoms with Gasteiger partial charge in [-0.15, -0.1) is 11.6 Å². The molecule has 1 fully saturated rings. The summed E-state index contributed by atoms with van der Waals surface area (Å²) in [5.41, 5.74) is 1.80. The van der Waals surface area contributed by atoms with Gasteiger partial charge in [0.15, 0.2) is 0 Å². The lowest BCUT2D eigenvalue weighted by molar-refractivity contribution is 0.0542. The fourth-order valence-electron chi connectivity index (χ4n) is 2.49. The topological polar surface area (TPSA) is 23.6 Å². The van der Waals surface area contributed by atoms with Crippen LogP contribution < -0.4 is 0 Å². The normalized spacial score (nSPS) is 20.6. The quantitative estimate of drug-likeness (QED) is 0.795. The largest absolute Gasteiger partial charge is 0.336 e. The molecule has 1 unspecified atom stereocenters. The SMILES string of the molecule is CCC1CN(C(=O)c2ccc(CCl)cc2)CCN1C. The van der Waals surface area contributed by atoms with Gasteiger partial charge in [0.25, 0.3) is 5.91 Å². The maximum atomic E-state index is 12.4. The third kappa shape index (κ3) is 3.28. The van der Waals surface area contributed by atoms with E-state index in [0.29, 0.717) is 11.9 Å². The highest BCUT2D eigenvalue weighted by atomic mass is 35.5. The molecule has 0 N–H and O–H groups in total. The highest BCUT2D eigenvalue weighted by Gasteiger charge is 2.26. The summed E-state index contributed by atoms with van der Waals surface area (Å²) in [6.07, 6.45) is 1.07. The molecule has 0 aliphatic carbocycles. The van der Waals surface area contributed by atoms with E-state index in [0.717, 1.165) is 37.2 Å². The zero-order chi connectivity index (χ0) is 13.8. The van der Waals surface area contributed by atoms with Crippen molar-refractivity contribution in [3.8, 4) is 0 Å². The van der Waals surface area contributed by atoms with Crippen LogP contribution in [0.2, 0.25) is 0 Å². The predicted octanol–water partition coefficient (Wildman–Crippen LogP) is 2.59. The highest BCUT2D eigenvalue weighted by molar-refractivity contribution is 6.17. The number of hydrogen-bond acceptors (Lipinski definition) is 2. The van der Waals surface area contributed by atoms with Crippen LogP contribution in [-0.4, -0.2) is 48.4 Å². The Balaban J connectivity index is 2.06. The number of carbonyl (C=O) groups excluding carboxylic acids is 1. The Kier molecular flexibility index (Phi) is 4.83. The number of nitrogens with zero attached hydrogens (tertiary/aromatic N) is 2. The number of piperazine rings is 1. The first kappa shape index (κ1) is 14.4. The Morgan fingerprint density at radius 2 is 2.00 bits per heavy atom. The summed E-state index contributed by atoms with van der Waals surface area (Å²) < 4.78 is 0. The smallest absolute Gasteiger partial charge is 0.253 e. The lowest BCUT2D eigenvalue weighted by atomic mass is 10.1. The second-order valence-corrected chi connectivity index (χ2v) is 5.39. The molecule has 3 nitrogen and oxygen atoms in total. The van der Waals surface area contributed by atoms with Crippen molar-refractivity contribution in [3.05, 3.63) is 35.4 Å². The number of rotatable bonds is 3. The summed E-state index contributed by atoms with van der Waals surface area (Å²) in [4.78, 5) is 16.7. The maximum absolute atomic E-state index is 12.4. The van der Waals surface area contributed by atoms with E-state index in [4.69, 9.17) is 11.6 Å². The van der Waals surface area contributed by atoms with Crippen LogP contribution >= 0.6 is 11.6 Å². The van der Waals surface area contributed by atoms with Crippen molar-refractivity contribution >= 4 is 17.5 Å². The van der Waals surface area contributed by atoms with Gasteiger partial charge in [0, 0.05) is 37.1 Å². The van der Waals surface area contributed by atoms with Crippen molar-refractivity contribution in [2.24, 2.45) is 0 Å². The van der Waals surface area contributed by atoms with Gasteiger partial charge < -0.3 is 4.90 Å². The van der Waals surface area contributed by atoms with Crippen LogP contribution in [0.5, 0.6) is 0 Å². The average molecular weight is 281 g/mol. The van der Waals surface area contributed by atoms with E-state index in [1.165, 1.54) is 0 Å². The molecular weight excluding hydrogens is 260 g/mol. The fraction of sp³-hybridized carbons (Fsp3) is 0.533. The molecule has 19 heavy (non-hydrogen) atoms. The van der Waals surface area contributed by atoms with Crippen LogP contribution in [0.1, 0.15) is 29.3 Å². The Bertz CT molecular complexity index is 432. The second-order valence-electron chi connectivity index (χ2n) is 5.12. The lowest BCUT2D eigenvalue weighted by Gasteiger charge is -2.39. The molecule has 2 rings (SSSR count). The van der Waals surface area contributed by atoms with Crippen molar-refractivity contribution < 1.29 is 4.79 Å². The Hall–Kier alpha value is -1.06. The van der Waals surface area contributed by atoms with Gasteiger partial charge in [-0.1, -0.05) is 19.1 Å².